The van der Waals surface area contributed by atoms with E-state index in [0.717, 1.165) is 0 Å². The molecule has 0 aliphatic rings. The lowest BCUT2D eigenvalue weighted by molar-refractivity contribution is 1.69. The predicted molar refractivity (Wildman–Crippen MR) is 157 cm³/mol. The Bertz CT molecular complexity index is 2150. The molecule has 0 radical (unpaired) electrons. The van der Waals surface area contributed by atoms with Crippen molar-refractivity contribution in [1.29, 1.82) is 0 Å². The van der Waals surface area contributed by atoms with Crippen LogP contribution in [0.4, 0.5) is 0 Å². The van der Waals surface area contributed by atoms with Crippen LogP contribution < -0.4 is 0 Å². The van der Waals surface area contributed by atoms with Gasteiger partial charge in [-0.2, -0.15) is 0 Å². The van der Waals surface area contributed by atoms with Gasteiger partial charge in [-0.3, -0.25) is 0 Å². The zero-order valence-corrected chi connectivity index (χ0v) is 19.7. The molecule has 166 valence electrons. The van der Waals surface area contributed by atoms with Crippen LogP contribution in [0.25, 0.3) is 75.8 Å². The van der Waals surface area contributed by atoms with Gasteiger partial charge in [-0.25, -0.2) is 0 Å². The van der Waals surface area contributed by atoms with E-state index in [1.165, 1.54) is 75.8 Å². The average Bonchev–Trinajstić information content (AvgIpc) is 2.96. The zero-order valence-electron chi connectivity index (χ0n) is 19.7. The maximum atomic E-state index is 2.39. The van der Waals surface area contributed by atoms with Crippen molar-refractivity contribution in [3.8, 4) is 11.1 Å². The topological polar surface area (TPSA) is 0 Å². The monoisotopic (exact) mass is 454 g/mol. The second-order valence-corrected chi connectivity index (χ2v) is 9.71. The molecule has 0 atom stereocenters. The third kappa shape index (κ3) is 2.70. The minimum absolute atomic E-state index is 1.25. The van der Waals surface area contributed by atoms with Crippen LogP contribution in [0.5, 0.6) is 0 Å². The van der Waals surface area contributed by atoms with Crippen LogP contribution >= 0.6 is 0 Å². The number of fused-ring (bicyclic) bond motifs is 12. The summed E-state index contributed by atoms with van der Waals surface area (Å²) in [5.74, 6) is 0. The molecule has 0 unspecified atom stereocenters. The van der Waals surface area contributed by atoms with Crippen molar-refractivity contribution in [3.05, 3.63) is 133 Å². The molecule has 0 amide bonds. The smallest absolute Gasteiger partial charge is 0.00139 e. The van der Waals surface area contributed by atoms with Crippen LogP contribution in [0, 0.1) is 0 Å². The molecule has 36 heavy (non-hydrogen) atoms. The number of rotatable bonds is 1. The average molecular weight is 455 g/mol. The van der Waals surface area contributed by atoms with Crippen molar-refractivity contribution in [1.82, 2.24) is 0 Å². The van der Waals surface area contributed by atoms with Crippen molar-refractivity contribution in [2.45, 2.75) is 0 Å². The van der Waals surface area contributed by atoms with E-state index < -0.39 is 0 Å². The van der Waals surface area contributed by atoms with Gasteiger partial charge in [0, 0.05) is 0 Å². The molecule has 8 rings (SSSR count). The Kier molecular flexibility index (Phi) is 4.03. The fourth-order valence-corrected chi connectivity index (χ4v) is 6.17. The molecule has 0 N–H and O–H groups in total. The normalized spacial score (nSPS) is 11.9. The summed E-state index contributed by atoms with van der Waals surface area (Å²) in [5, 5.41) is 15.8. The molecule has 0 saturated heterocycles. The highest BCUT2D eigenvalue weighted by Crippen LogP contribution is 2.44. The van der Waals surface area contributed by atoms with E-state index in [1.807, 2.05) is 0 Å². The first-order chi connectivity index (χ1) is 17.9. The molecule has 8 aromatic carbocycles. The summed E-state index contributed by atoms with van der Waals surface area (Å²) in [7, 11) is 0. The molecule has 0 bridgehead atoms. The Hall–Kier alpha value is -4.68. The maximum Gasteiger partial charge on any atom is -0.00139 e. The Labute approximate surface area is 209 Å². The lowest BCUT2D eigenvalue weighted by Gasteiger charge is -2.17. The Balaban J connectivity index is 1.57. The van der Waals surface area contributed by atoms with Gasteiger partial charge in [-0.15, -0.1) is 0 Å². The summed E-state index contributed by atoms with van der Waals surface area (Å²) in [6, 6.07) is 49.1. The summed E-state index contributed by atoms with van der Waals surface area (Å²) in [6.45, 7) is 0. The van der Waals surface area contributed by atoms with Crippen LogP contribution in [0.15, 0.2) is 133 Å². The van der Waals surface area contributed by atoms with Gasteiger partial charge in [0.1, 0.15) is 0 Å². The predicted octanol–water partition coefficient (Wildman–Crippen LogP) is 10.3. The van der Waals surface area contributed by atoms with Crippen LogP contribution in [-0.2, 0) is 0 Å². The summed E-state index contributed by atoms with van der Waals surface area (Å²) in [4.78, 5) is 0. The van der Waals surface area contributed by atoms with E-state index in [0.29, 0.717) is 0 Å². The minimum atomic E-state index is 1.25. The van der Waals surface area contributed by atoms with E-state index in [9.17, 15) is 0 Å². The van der Waals surface area contributed by atoms with Crippen molar-refractivity contribution in [2.24, 2.45) is 0 Å². The zero-order chi connectivity index (χ0) is 23.6. The molecule has 0 heterocycles. The molecular weight excluding hydrogens is 432 g/mol. The standard InChI is InChI=1S/C36H22/c1-2-10-24-21-25(18-17-23(24)9-1)26-19-20-33-34(22-26)29-13-5-8-16-32(29)35-30-14-6-3-11-27(30)28-12-4-7-15-31(28)36(33)35/h1-22H. The maximum absolute atomic E-state index is 2.39. The molecule has 8 aromatic rings. The molecule has 0 fully saturated rings. The first kappa shape index (κ1) is 19.6. The first-order valence-corrected chi connectivity index (χ1v) is 12.5. The van der Waals surface area contributed by atoms with Gasteiger partial charge in [0.25, 0.3) is 0 Å². The van der Waals surface area contributed by atoms with Crippen molar-refractivity contribution in [2.75, 3.05) is 0 Å². The summed E-state index contributed by atoms with van der Waals surface area (Å²) < 4.78 is 0. The number of hydrogen-bond donors (Lipinski definition) is 0. The second-order valence-electron chi connectivity index (χ2n) is 9.71. The Morgan fingerprint density at radius 2 is 0.667 bits per heavy atom. The molecular formula is C36H22. The molecule has 0 aliphatic heterocycles. The fraction of sp³-hybridized carbons (Fsp3) is 0. The van der Waals surface area contributed by atoms with Gasteiger partial charge >= 0.3 is 0 Å². The highest BCUT2D eigenvalue weighted by molar-refractivity contribution is 6.39. The van der Waals surface area contributed by atoms with Gasteiger partial charge in [-0.05, 0) is 87.9 Å². The van der Waals surface area contributed by atoms with Crippen molar-refractivity contribution < 1.29 is 0 Å². The minimum Gasteiger partial charge on any atom is -0.0616 e. The number of hydrogen-bond acceptors (Lipinski definition) is 0. The second kappa shape index (κ2) is 7.41. The highest BCUT2D eigenvalue weighted by Gasteiger charge is 2.16. The molecule has 0 aliphatic carbocycles. The number of benzene rings is 8. The quantitative estimate of drug-likeness (QED) is 0.216. The Morgan fingerprint density at radius 1 is 0.250 bits per heavy atom. The van der Waals surface area contributed by atoms with E-state index in [-0.39, 0.29) is 0 Å². The van der Waals surface area contributed by atoms with E-state index >= 15 is 0 Å². The molecule has 0 spiro atoms. The Morgan fingerprint density at radius 3 is 1.28 bits per heavy atom. The van der Waals surface area contributed by atoms with Gasteiger partial charge in [0.15, 0.2) is 0 Å². The summed E-state index contributed by atoms with van der Waals surface area (Å²) in [6.07, 6.45) is 0. The molecule has 0 nitrogen and oxygen atoms in total. The van der Waals surface area contributed by atoms with Gasteiger partial charge in [-0.1, -0.05) is 121 Å². The lowest BCUT2D eigenvalue weighted by Crippen LogP contribution is -1.89. The van der Waals surface area contributed by atoms with Crippen molar-refractivity contribution in [3.63, 3.8) is 0 Å². The lowest BCUT2D eigenvalue weighted by atomic mass is 9.86. The van der Waals surface area contributed by atoms with E-state index in [4.69, 9.17) is 0 Å². The third-order valence-electron chi connectivity index (χ3n) is 7.79. The SMILES string of the molecule is c1ccc2cc(-c3ccc4c(c3)c3ccccc3c3c5ccccc5c5ccccc5c43)ccc2c1. The third-order valence-corrected chi connectivity index (χ3v) is 7.79. The van der Waals surface area contributed by atoms with Gasteiger partial charge in [0.05, 0.1) is 0 Å². The fourth-order valence-electron chi connectivity index (χ4n) is 6.17. The molecule has 0 heteroatoms. The van der Waals surface area contributed by atoms with Crippen LogP contribution in [0.3, 0.4) is 0 Å². The van der Waals surface area contributed by atoms with Crippen molar-refractivity contribution >= 4 is 64.6 Å². The summed E-state index contributed by atoms with van der Waals surface area (Å²) in [5.41, 5.74) is 2.51. The van der Waals surface area contributed by atoms with Crippen LogP contribution in [0.2, 0.25) is 0 Å². The van der Waals surface area contributed by atoms with Gasteiger partial charge < -0.3 is 0 Å². The van der Waals surface area contributed by atoms with Gasteiger partial charge in [0.2, 0.25) is 0 Å². The highest BCUT2D eigenvalue weighted by atomic mass is 14.2. The largest absolute Gasteiger partial charge is 0.0616 e. The summed E-state index contributed by atoms with van der Waals surface area (Å²) >= 11 is 0. The van der Waals surface area contributed by atoms with Crippen LogP contribution in [0.1, 0.15) is 0 Å². The first-order valence-electron chi connectivity index (χ1n) is 12.5. The van der Waals surface area contributed by atoms with E-state index in [1.54, 1.807) is 0 Å². The van der Waals surface area contributed by atoms with Crippen LogP contribution in [-0.4, -0.2) is 0 Å². The molecule has 0 aromatic heterocycles. The van der Waals surface area contributed by atoms with E-state index in [2.05, 4.69) is 133 Å². The molecule has 0 saturated carbocycles.